The Morgan fingerprint density at radius 3 is 2.63 bits per heavy atom. The highest BCUT2D eigenvalue weighted by Crippen LogP contribution is 2.29. The molecule has 0 atom stereocenters. The summed E-state index contributed by atoms with van der Waals surface area (Å²) in [4.78, 5) is 12.4. The molecule has 1 fully saturated rings. The van der Waals surface area contributed by atoms with Crippen LogP contribution >= 0.6 is 0 Å². The van der Waals surface area contributed by atoms with Gasteiger partial charge in [-0.05, 0) is 37.4 Å². The molecule has 4 heteroatoms. The number of hydrogen-bond donors (Lipinski definition) is 3. The van der Waals surface area contributed by atoms with Gasteiger partial charge in [-0.2, -0.15) is 0 Å². The molecule has 0 spiro atoms. The van der Waals surface area contributed by atoms with Gasteiger partial charge >= 0.3 is 0 Å². The lowest BCUT2D eigenvalue weighted by Crippen LogP contribution is -2.49. The third-order valence-electron chi connectivity index (χ3n) is 3.92. The van der Waals surface area contributed by atoms with Crippen LogP contribution in [0.15, 0.2) is 24.3 Å². The number of rotatable bonds is 5. The lowest BCUT2D eigenvalue weighted by molar-refractivity contribution is 0.0837. The average Bonchev–Trinajstić information content (AvgIpc) is 2.89. The van der Waals surface area contributed by atoms with Gasteiger partial charge in [0.15, 0.2) is 0 Å². The van der Waals surface area contributed by atoms with E-state index >= 15 is 0 Å². The number of amides is 1. The van der Waals surface area contributed by atoms with Crippen molar-refractivity contribution in [3.05, 3.63) is 35.4 Å². The lowest BCUT2D eigenvalue weighted by atomic mass is 9.97. The minimum absolute atomic E-state index is 0.0117. The van der Waals surface area contributed by atoms with Crippen LogP contribution in [0.2, 0.25) is 0 Å². The van der Waals surface area contributed by atoms with Crippen molar-refractivity contribution in [3.63, 3.8) is 0 Å². The monoisotopic (exact) mass is 262 g/mol. The van der Waals surface area contributed by atoms with Gasteiger partial charge in [-0.15, -0.1) is 0 Å². The summed E-state index contributed by atoms with van der Waals surface area (Å²) >= 11 is 0. The molecule has 1 aromatic rings. The molecular formula is C15H22N2O2. The Morgan fingerprint density at radius 1 is 1.32 bits per heavy atom. The van der Waals surface area contributed by atoms with E-state index in [-0.39, 0.29) is 12.5 Å². The van der Waals surface area contributed by atoms with Crippen molar-refractivity contribution in [2.45, 2.75) is 37.6 Å². The number of hydrogen-bond acceptors (Lipinski definition) is 3. The van der Waals surface area contributed by atoms with Crippen LogP contribution in [0.4, 0.5) is 0 Å². The maximum atomic E-state index is 12.4. The summed E-state index contributed by atoms with van der Waals surface area (Å²) in [5, 5.41) is 12.6. The molecule has 1 amide bonds. The van der Waals surface area contributed by atoms with E-state index in [2.05, 4.69) is 5.32 Å². The van der Waals surface area contributed by atoms with Crippen LogP contribution in [0.5, 0.6) is 0 Å². The molecule has 2 rings (SSSR count). The van der Waals surface area contributed by atoms with Gasteiger partial charge < -0.3 is 16.2 Å². The summed E-state index contributed by atoms with van der Waals surface area (Å²) in [5.74, 6) is -0.0972. The zero-order valence-electron chi connectivity index (χ0n) is 11.2. The van der Waals surface area contributed by atoms with Crippen LogP contribution < -0.4 is 11.1 Å². The Morgan fingerprint density at radius 2 is 2.00 bits per heavy atom. The Kier molecular flexibility index (Phi) is 4.56. The van der Waals surface area contributed by atoms with Crippen molar-refractivity contribution in [3.8, 4) is 0 Å². The normalized spacial score (nSPS) is 17.4. The molecule has 4 N–H and O–H groups in total. The Balaban J connectivity index is 2.15. The highest BCUT2D eigenvalue weighted by atomic mass is 16.3. The second-order valence-electron chi connectivity index (χ2n) is 5.30. The van der Waals surface area contributed by atoms with E-state index in [1.165, 1.54) is 0 Å². The number of benzene rings is 1. The largest absolute Gasteiger partial charge is 0.394 e. The first kappa shape index (κ1) is 14.0. The predicted octanol–water partition coefficient (Wildman–Crippen LogP) is 1.22. The van der Waals surface area contributed by atoms with E-state index in [4.69, 9.17) is 5.73 Å². The molecule has 0 aromatic heterocycles. The minimum Gasteiger partial charge on any atom is -0.394 e. The van der Waals surface area contributed by atoms with Gasteiger partial charge in [0.2, 0.25) is 0 Å². The number of aliphatic hydroxyl groups excluding tert-OH is 1. The molecule has 0 aliphatic heterocycles. The molecule has 0 heterocycles. The SMILES string of the molecule is NCCc1ccccc1C(=O)NC1(CO)CCCC1. The highest BCUT2D eigenvalue weighted by Gasteiger charge is 2.35. The summed E-state index contributed by atoms with van der Waals surface area (Å²) < 4.78 is 0. The summed E-state index contributed by atoms with van der Waals surface area (Å²) in [6, 6.07) is 7.52. The highest BCUT2D eigenvalue weighted by molar-refractivity contribution is 5.96. The Labute approximate surface area is 114 Å². The van der Waals surface area contributed by atoms with Crippen molar-refractivity contribution in [1.29, 1.82) is 0 Å². The number of carbonyl (C=O) groups is 1. The third kappa shape index (κ3) is 3.14. The van der Waals surface area contributed by atoms with Crippen LogP contribution in [-0.2, 0) is 6.42 Å². The van der Waals surface area contributed by atoms with Crippen molar-refractivity contribution in [2.24, 2.45) is 5.73 Å². The third-order valence-corrected chi connectivity index (χ3v) is 3.92. The molecule has 0 bridgehead atoms. The van der Waals surface area contributed by atoms with E-state index in [9.17, 15) is 9.90 Å². The molecule has 0 unspecified atom stereocenters. The Hall–Kier alpha value is -1.39. The van der Waals surface area contributed by atoms with E-state index in [1.54, 1.807) is 0 Å². The molecule has 0 saturated heterocycles. The van der Waals surface area contributed by atoms with Gasteiger partial charge in [0.05, 0.1) is 12.1 Å². The van der Waals surface area contributed by atoms with Crippen LogP contribution in [0.3, 0.4) is 0 Å². The van der Waals surface area contributed by atoms with E-state index in [1.807, 2.05) is 24.3 Å². The second kappa shape index (κ2) is 6.17. The number of nitrogens with two attached hydrogens (primary N) is 1. The quantitative estimate of drug-likeness (QED) is 0.747. The summed E-state index contributed by atoms with van der Waals surface area (Å²) in [6.45, 7) is 0.535. The fraction of sp³-hybridized carbons (Fsp3) is 0.533. The van der Waals surface area contributed by atoms with Gasteiger partial charge in [-0.1, -0.05) is 31.0 Å². The molecular weight excluding hydrogens is 240 g/mol. The summed E-state index contributed by atoms with van der Waals surface area (Å²) in [7, 11) is 0. The van der Waals surface area contributed by atoms with Gasteiger partial charge in [-0.3, -0.25) is 4.79 Å². The number of carbonyl (C=O) groups excluding carboxylic acids is 1. The second-order valence-corrected chi connectivity index (χ2v) is 5.30. The maximum absolute atomic E-state index is 12.4. The molecule has 0 radical (unpaired) electrons. The lowest BCUT2D eigenvalue weighted by Gasteiger charge is -2.28. The summed E-state index contributed by atoms with van der Waals surface area (Å²) in [5.41, 5.74) is 6.79. The first-order chi connectivity index (χ1) is 9.21. The van der Waals surface area contributed by atoms with Crippen LogP contribution in [0.1, 0.15) is 41.6 Å². The average molecular weight is 262 g/mol. The fourth-order valence-electron chi connectivity index (χ4n) is 2.80. The van der Waals surface area contributed by atoms with Gasteiger partial charge in [0.25, 0.3) is 5.91 Å². The smallest absolute Gasteiger partial charge is 0.252 e. The van der Waals surface area contributed by atoms with E-state index in [0.717, 1.165) is 31.2 Å². The van der Waals surface area contributed by atoms with Crippen molar-refractivity contribution in [1.82, 2.24) is 5.32 Å². The topological polar surface area (TPSA) is 75.4 Å². The van der Waals surface area contributed by atoms with Gasteiger partial charge in [-0.25, -0.2) is 0 Å². The van der Waals surface area contributed by atoms with Crippen molar-refractivity contribution >= 4 is 5.91 Å². The Bertz CT molecular complexity index is 440. The fourth-order valence-corrected chi connectivity index (χ4v) is 2.80. The molecule has 1 saturated carbocycles. The van der Waals surface area contributed by atoms with E-state index < -0.39 is 5.54 Å². The van der Waals surface area contributed by atoms with E-state index in [0.29, 0.717) is 18.5 Å². The molecule has 1 aliphatic carbocycles. The standard InChI is InChI=1S/C15H22N2O2/c16-10-7-12-5-1-2-6-13(12)14(19)17-15(11-18)8-3-4-9-15/h1-2,5-6,18H,3-4,7-11,16H2,(H,17,19). The summed E-state index contributed by atoms with van der Waals surface area (Å²) in [6.07, 6.45) is 4.52. The van der Waals surface area contributed by atoms with Crippen LogP contribution in [0.25, 0.3) is 0 Å². The maximum Gasteiger partial charge on any atom is 0.252 e. The van der Waals surface area contributed by atoms with Crippen LogP contribution in [-0.4, -0.2) is 29.7 Å². The first-order valence-electron chi connectivity index (χ1n) is 6.92. The van der Waals surface area contributed by atoms with Crippen molar-refractivity contribution < 1.29 is 9.90 Å². The first-order valence-corrected chi connectivity index (χ1v) is 6.92. The van der Waals surface area contributed by atoms with Crippen LogP contribution in [0, 0.1) is 0 Å². The number of aliphatic hydroxyl groups is 1. The minimum atomic E-state index is -0.424. The molecule has 19 heavy (non-hydrogen) atoms. The van der Waals surface area contributed by atoms with Gasteiger partial charge in [0.1, 0.15) is 0 Å². The van der Waals surface area contributed by atoms with Gasteiger partial charge in [0, 0.05) is 5.56 Å². The predicted molar refractivity (Wildman–Crippen MR) is 75.0 cm³/mol. The zero-order valence-corrected chi connectivity index (χ0v) is 11.2. The molecule has 1 aliphatic rings. The molecule has 4 nitrogen and oxygen atoms in total. The van der Waals surface area contributed by atoms with Crippen molar-refractivity contribution in [2.75, 3.05) is 13.2 Å². The number of nitrogens with one attached hydrogen (secondary N) is 1. The zero-order chi connectivity index (χ0) is 13.7. The molecule has 1 aromatic carbocycles. The molecule has 104 valence electrons.